The van der Waals surface area contributed by atoms with Gasteiger partial charge in [0.05, 0.1) is 16.8 Å². The Balaban J connectivity index is 1.09. The van der Waals surface area contributed by atoms with Crippen molar-refractivity contribution < 1.29 is 13.2 Å². The van der Waals surface area contributed by atoms with Gasteiger partial charge < -0.3 is 9.64 Å². The van der Waals surface area contributed by atoms with Crippen LogP contribution < -0.4 is 9.64 Å². The summed E-state index contributed by atoms with van der Waals surface area (Å²) in [6.07, 6.45) is 12.7. The molecule has 1 saturated carbocycles. The Bertz CT molecular complexity index is 1300. The predicted octanol–water partition coefficient (Wildman–Crippen LogP) is 4.04. The molecule has 6 rings (SSSR count). The second-order valence-corrected chi connectivity index (χ2v) is 11.8. The molecule has 3 aromatic rings. The molecule has 4 heterocycles. The smallest absolute Gasteiger partial charge is 0.225 e. The standard InChI is InChI=1S/C26H28N4O3S/c1-34(31,32)22-6-4-18(5-7-22)23-12-20-13-24(33-25(20)16-27-23)19-8-10-30(11-9-19)26-28-14-21(15-29-26)17-2-3-17/h4-7,12,14-17,19,24H,2-3,8-11,13H2,1H3. The fourth-order valence-electron chi connectivity index (χ4n) is 5.06. The summed E-state index contributed by atoms with van der Waals surface area (Å²) in [7, 11) is -3.21. The topological polar surface area (TPSA) is 85.3 Å². The van der Waals surface area contributed by atoms with Crippen LogP contribution in [0.25, 0.3) is 11.3 Å². The summed E-state index contributed by atoms with van der Waals surface area (Å²) in [5.41, 5.74) is 4.18. The molecular formula is C26H28N4O3S. The quantitative estimate of drug-likeness (QED) is 0.549. The second-order valence-electron chi connectivity index (χ2n) is 9.75. The number of sulfone groups is 1. The van der Waals surface area contributed by atoms with Crippen molar-refractivity contribution in [1.29, 1.82) is 0 Å². The lowest BCUT2D eigenvalue weighted by Crippen LogP contribution is -2.40. The summed E-state index contributed by atoms with van der Waals surface area (Å²) < 4.78 is 29.7. The number of rotatable bonds is 5. The number of fused-ring (bicyclic) bond motifs is 1. The molecule has 1 aliphatic carbocycles. The number of pyridine rings is 1. The molecule has 1 atom stereocenters. The average molecular weight is 477 g/mol. The molecule has 2 fully saturated rings. The van der Waals surface area contributed by atoms with Gasteiger partial charge in [-0.05, 0) is 61.3 Å². The molecular weight excluding hydrogens is 448 g/mol. The van der Waals surface area contributed by atoms with Crippen molar-refractivity contribution in [2.45, 2.75) is 49.0 Å². The maximum absolute atomic E-state index is 11.7. The Kier molecular flexibility index (Phi) is 5.28. The van der Waals surface area contributed by atoms with Crippen LogP contribution in [-0.4, -0.2) is 48.8 Å². The molecule has 7 nitrogen and oxygen atoms in total. The van der Waals surface area contributed by atoms with Gasteiger partial charge in [0.1, 0.15) is 11.9 Å². The Morgan fingerprint density at radius 1 is 0.941 bits per heavy atom. The highest BCUT2D eigenvalue weighted by Gasteiger charge is 2.34. The van der Waals surface area contributed by atoms with Gasteiger partial charge in [-0.25, -0.2) is 18.4 Å². The van der Waals surface area contributed by atoms with Gasteiger partial charge in [0.2, 0.25) is 5.95 Å². The van der Waals surface area contributed by atoms with Gasteiger partial charge in [0.15, 0.2) is 9.84 Å². The summed E-state index contributed by atoms with van der Waals surface area (Å²) in [4.78, 5) is 16.4. The first-order chi connectivity index (χ1) is 16.4. The zero-order chi connectivity index (χ0) is 23.3. The van der Waals surface area contributed by atoms with E-state index in [-0.39, 0.29) is 6.10 Å². The molecule has 0 N–H and O–H groups in total. The Morgan fingerprint density at radius 2 is 1.65 bits per heavy atom. The van der Waals surface area contributed by atoms with Gasteiger partial charge in [-0.3, -0.25) is 4.98 Å². The molecule has 1 aromatic carbocycles. The van der Waals surface area contributed by atoms with E-state index < -0.39 is 9.84 Å². The van der Waals surface area contributed by atoms with Crippen molar-refractivity contribution in [2.75, 3.05) is 24.2 Å². The van der Waals surface area contributed by atoms with Gasteiger partial charge in [-0.1, -0.05) is 12.1 Å². The number of ether oxygens (including phenoxy) is 1. The third-order valence-corrected chi connectivity index (χ3v) is 8.41. The fourth-order valence-corrected chi connectivity index (χ4v) is 5.69. The van der Waals surface area contributed by atoms with Gasteiger partial charge in [0.25, 0.3) is 0 Å². The highest BCUT2D eigenvalue weighted by molar-refractivity contribution is 7.90. The van der Waals surface area contributed by atoms with Crippen molar-refractivity contribution in [3.05, 3.63) is 60.0 Å². The summed E-state index contributed by atoms with van der Waals surface area (Å²) in [6, 6.07) is 8.97. The molecule has 0 amide bonds. The monoisotopic (exact) mass is 476 g/mol. The van der Waals surface area contributed by atoms with Gasteiger partial charge in [-0.15, -0.1) is 0 Å². The van der Waals surface area contributed by atoms with Crippen LogP contribution in [0, 0.1) is 5.92 Å². The molecule has 2 aliphatic heterocycles. The maximum atomic E-state index is 11.7. The lowest BCUT2D eigenvalue weighted by molar-refractivity contribution is 0.138. The van der Waals surface area contributed by atoms with E-state index in [4.69, 9.17) is 4.74 Å². The molecule has 1 saturated heterocycles. The third kappa shape index (κ3) is 4.27. The van der Waals surface area contributed by atoms with Crippen LogP contribution in [0.15, 0.2) is 53.8 Å². The van der Waals surface area contributed by atoms with Crippen molar-refractivity contribution in [3.63, 3.8) is 0 Å². The highest BCUT2D eigenvalue weighted by Crippen LogP contribution is 2.40. The third-order valence-electron chi connectivity index (χ3n) is 7.28. The zero-order valence-corrected chi connectivity index (χ0v) is 20.0. The highest BCUT2D eigenvalue weighted by atomic mass is 32.2. The number of benzene rings is 1. The minimum atomic E-state index is -3.21. The normalized spacial score (nSPS) is 20.7. The number of piperidine rings is 1. The lowest BCUT2D eigenvalue weighted by Gasteiger charge is -2.34. The lowest BCUT2D eigenvalue weighted by atomic mass is 9.89. The summed E-state index contributed by atoms with van der Waals surface area (Å²) in [5.74, 6) is 2.88. The Morgan fingerprint density at radius 3 is 2.29 bits per heavy atom. The number of anilines is 1. The van der Waals surface area contributed by atoms with Gasteiger partial charge in [0, 0.05) is 49.3 Å². The first-order valence-corrected chi connectivity index (χ1v) is 13.9. The van der Waals surface area contributed by atoms with Crippen molar-refractivity contribution >= 4 is 15.8 Å². The van der Waals surface area contributed by atoms with Crippen LogP contribution in [0.1, 0.15) is 42.7 Å². The van der Waals surface area contributed by atoms with Gasteiger partial charge in [-0.2, -0.15) is 0 Å². The van der Waals surface area contributed by atoms with Crippen LogP contribution in [0.4, 0.5) is 5.95 Å². The second kappa shape index (κ2) is 8.34. The Labute approximate surface area is 200 Å². The largest absolute Gasteiger partial charge is 0.488 e. The maximum Gasteiger partial charge on any atom is 0.225 e. The minimum Gasteiger partial charge on any atom is -0.488 e. The number of nitrogens with zero attached hydrogens (tertiary/aromatic N) is 4. The van der Waals surface area contributed by atoms with E-state index in [1.165, 1.54) is 30.2 Å². The van der Waals surface area contributed by atoms with E-state index in [0.717, 1.165) is 55.3 Å². The van der Waals surface area contributed by atoms with Crippen LogP contribution in [-0.2, 0) is 16.3 Å². The first kappa shape index (κ1) is 21.5. The van der Waals surface area contributed by atoms with E-state index in [1.54, 1.807) is 18.3 Å². The van der Waals surface area contributed by atoms with Crippen LogP contribution >= 0.6 is 0 Å². The molecule has 176 valence electrons. The van der Waals surface area contributed by atoms with E-state index in [1.807, 2.05) is 24.5 Å². The van der Waals surface area contributed by atoms with Crippen molar-refractivity contribution in [1.82, 2.24) is 15.0 Å². The minimum absolute atomic E-state index is 0.167. The molecule has 1 unspecified atom stereocenters. The Hall–Kier alpha value is -3.00. The van der Waals surface area contributed by atoms with Crippen LogP contribution in [0.2, 0.25) is 0 Å². The summed E-state index contributed by atoms with van der Waals surface area (Å²) >= 11 is 0. The van der Waals surface area contributed by atoms with Crippen LogP contribution in [0.5, 0.6) is 5.75 Å². The zero-order valence-electron chi connectivity index (χ0n) is 19.2. The molecule has 8 heteroatoms. The molecule has 2 aromatic heterocycles. The fraction of sp³-hybridized carbons (Fsp3) is 0.423. The number of aromatic nitrogens is 3. The summed E-state index contributed by atoms with van der Waals surface area (Å²) in [5, 5.41) is 0. The van der Waals surface area contributed by atoms with E-state index >= 15 is 0 Å². The predicted molar refractivity (Wildman–Crippen MR) is 130 cm³/mol. The summed E-state index contributed by atoms with van der Waals surface area (Å²) in [6.45, 7) is 1.89. The van der Waals surface area contributed by atoms with Crippen molar-refractivity contribution in [3.8, 4) is 17.0 Å². The van der Waals surface area contributed by atoms with Crippen molar-refractivity contribution in [2.24, 2.45) is 5.92 Å². The van der Waals surface area contributed by atoms with Gasteiger partial charge >= 0.3 is 0 Å². The number of hydrogen-bond acceptors (Lipinski definition) is 7. The van der Waals surface area contributed by atoms with E-state index in [2.05, 4.69) is 25.9 Å². The SMILES string of the molecule is CS(=O)(=O)c1ccc(-c2cc3c(cn2)OC(C2CCN(c4ncc(C5CC5)cn4)CC2)C3)cc1. The molecule has 0 radical (unpaired) electrons. The first-order valence-electron chi connectivity index (χ1n) is 12.0. The molecule has 0 bridgehead atoms. The molecule has 3 aliphatic rings. The average Bonchev–Trinajstić information content (AvgIpc) is 3.62. The molecule has 0 spiro atoms. The molecule has 34 heavy (non-hydrogen) atoms. The van der Waals surface area contributed by atoms with E-state index in [9.17, 15) is 8.42 Å². The van der Waals surface area contributed by atoms with E-state index in [0.29, 0.717) is 16.7 Å². The number of hydrogen-bond donors (Lipinski definition) is 0. The van der Waals surface area contributed by atoms with Crippen LogP contribution in [0.3, 0.4) is 0 Å².